The highest BCUT2D eigenvalue weighted by atomic mass is 28.4. The molecule has 0 heterocycles. The van der Waals surface area contributed by atoms with Crippen LogP contribution in [0, 0.1) is 0 Å². The van der Waals surface area contributed by atoms with Crippen LogP contribution in [0.15, 0.2) is 35.5 Å². The maximum absolute atomic E-state index is 5.87. The number of allylic oxidation sites excluding steroid dienone is 1. The van der Waals surface area contributed by atoms with Crippen LogP contribution in [-0.4, -0.2) is 150 Å². The van der Waals surface area contributed by atoms with Crippen LogP contribution < -0.4 is 0 Å². The normalized spacial score (nSPS) is 16.3. The van der Waals surface area contributed by atoms with Crippen molar-refractivity contribution in [3.05, 3.63) is 41.1 Å². The molecule has 0 bridgehead atoms. The zero-order valence-electron chi connectivity index (χ0n) is 22.8. The molecule has 0 amide bonds. The Morgan fingerprint density at radius 3 is 1.21 bits per heavy atom. The molecule has 0 radical (unpaired) electrons. The van der Waals surface area contributed by atoms with Crippen molar-refractivity contribution in [3.63, 3.8) is 0 Å². The van der Waals surface area contributed by atoms with E-state index in [4.69, 9.17) is 57.6 Å². The third kappa shape index (κ3) is 28.2. The second-order valence-corrected chi connectivity index (χ2v) is 35.0. The molecule has 1 aromatic rings. The van der Waals surface area contributed by atoms with Crippen LogP contribution in [0.5, 0.6) is 0 Å². The summed E-state index contributed by atoms with van der Waals surface area (Å²) in [5.41, 5.74) is 1.23. The first-order chi connectivity index (χ1) is 19.4. The van der Waals surface area contributed by atoms with Crippen molar-refractivity contribution in [2.24, 2.45) is 0 Å². The van der Waals surface area contributed by atoms with Crippen molar-refractivity contribution in [2.45, 2.75) is 13.3 Å². The van der Waals surface area contributed by atoms with E-state index in [9.17, 15) is 0 Å². The van der Waals surface area contributed by atoms with E-state index in [1.54, 1.807) is 0 Å². The Kier molecular flexibility index (Phi) is 32.3. The fourth-order valence-corrected chi connectivity index (χ4v) is 28.1. The van der Waals surface area contributed by atoms with E-state index in [-0.39, 0.29) is 0 Å². The average molecular weight is 808 g/mol. The Bertz CT molecular complexity index is 673. The lowest BCUT2D eigenvalue weighted by molar-refractivity contribution is 0.357. The Morgan fingerprint density at radius 1 is 0.538 bits per heavy atom. The van der Waals surface area contributed by atoms with Gasteiger partial charge in [-0.25, -0.2) is 0 Å². The maximum Gasteiger partial charge on any atom is 0.286 e. The molecule has 0 saturated heterocycles. The first-order valence-corrected chi connectivity index (χ1v) is 29.2. The van der Waals surface area contributed by atoms with Crippen molar-refractivity contribution in [3.8, 4) is 0 Å². The maximum atomic E-state index is 5.87. The lowest BCUT2D eigenvalue weighted by Gasteiger charge is -2.10. The molecular weight excluding hydrogens is 765 g/mol. The lowest BCUT2D eigenvalue weighted by Crippen LogP contribution is -2.22. The molecule has 0 aliphatic heterocycles. The summed E-state index contributed by atoms with van der Waals surface area (Å²) in [6.07, 6.45) is 3.25. The second kappa shape index (κ2) is 32.6. The molecule has 0 aromatic heterocycles. The fourth-order valence-electron chi connectivity index (χ4n) is 2.40. The van der Waals surface area contributed by atoms with Crippen molar-refractivity contribution in [1.82, 2.24) is 0 Å². The first kappa shape index (κ1) is 38.7. The summed E-state index contributed by atoms with van der Waals surface area (Å²) < 4.78 is 76.7. The molecule has 0 N–H and O–H groups in total. The predicted molar refractivity (Wildman–Crippen MR) is 189 cm³/mol. The van der Waals surface area contributed by atoms with Gasteiger partial charge in [0.05, 0.1) is 0 Å². The van der Waals surface area contributed by atoms with E-state index in [1.807, 2.05) is 6.07 Å². The Labute approximate surface area is 266 Å². The van der Waals surface area contributed by atoms with Gasteiger partial charge < -0.3 is 57.6 Å². The number of hydrogen-bond donors (Lipinski definition) is 0. The number of benzene rings is 1. The van der Waals surface area contributed by atoms with Crippen molar-refractivity contribution in [1.29, 1.82) is 0 Å². The summed E-state index contributed by atoms with van der Waals surface area (Å²) >= 11 is 0. The van der Waals surface area contributed by atoms with Crippen LogP contribution in [-0.2, 0) is 57.6 Å². The van der Waals surface area contributed by atoms with E-state index < -0.39 is 140 Å². The Hall–Kier alpha value is 1.65. The van der Waals surface area contributed by atoms with E-state index in [0.29, 0.717) is 0 Å². The van der Waals surface area contributed by atoms with Gasteiger partial charge >= 0.3 is 0 Å². The summed E-state index contributed by atoms with van der Waals surface area (Å²) in [4.78, 5) is 0. The SMILES string of the molecule is CCC(=Cc1ccccc1)[SiH2]O[SiH2]O[SiH2]O[SiH2]O[SiH2]O[SiH2]O[SiH2]O[SiH2]O[SiH2]O[SiH2]O[SiH2]O[SiH2]O[SiH2]O[SiH2]O[SiH3]. The highest BCUT2D eigenvalue weighted by Crippen LogP contribution is 2.08. The van der Waals surface area contributed by atoms with Crippen LogP contribution in [0.2, 0.25) is 0 Å². The molecule has 0 atom stereocenters. The first-order valence-electron chi connectivity index (χ1n) is 12.1. The Balaban J connectivity index is 1.71. The molecule has 1 aromatic carbocycles. The van der Waals surface area contributed by atoms with Crippen molar-refractivity contribution < 1.29 is 57.6 Å². The van der Waals surface area contributed by atoms with Gasteiger partial charge in [0.25, 0.3) is 130 Å². The molecule has 0 saturated carbocycles. The van der Waals surface area contributed by atoms with Gasteiger partial charge in [-0.2, -0.15) is 0 Å². The molecule has 226 valence electrons. The highest BCUT2D eigenvalue weighted by Gasteiger charge is 2.00. The summed E-state index contributed by atoms with van der Waals surface area (Å²) in [6.45, 7) is 2.17. The third-order valence-corrected chi connectivity index (χ3v) is 23.6. The van der Waals surface area contributed by atoms with E-state index in [0.717, 1.165) is 16.9 Å². The molecule has 0 aliphatic rings. The molecular formula is C10H42O14Si15. The van der Waals surface area contributed by atoms with Gasteiger partial charge in [0.15, 0.2) is 9.76 Å². The van der Waals surface area contributed by atoms with Gasteiger partial charge in [-0.3, -0.25) is 0 Å². The fraction of sp³-hybridized carbons (Fsp3) is 0.200. The van der Waals surface area contributed by atoms with Crippen molar-refractivity contribution in [2.75, 3.05) is 0 Å². The summed E-state index contributed by atoms with van der Waals surface area (Å²) in [5, 5.41) is 1.40. The summed E-state index contributed by atoms with van der Waals surface area (Å²) in [6, 6.07) is 10.4. The van der Waals surface area contributed by atoms with Gasteiger partial charge in [-0.05, 0) is 12.0 Å². The van der Waals surface area contributed by atoms with Crippen LogP contribution in [0.1, 0.15) is 18.9 Å². The Morgan fingerprint density at radius 2 is 0.872 bits per heavy atom. The molecule has 14 nitrogen and oxygen atoms in total. The molecule has 39 heavy (non-hydrogen) atoms. The standard InChI is InChI=1S/C10H42O14Si15/c1-2-10(8-9-6-4-3-5-7-9)26-12-28-14-30-16-32-18-34-20-36-22-38-24-39-23-37-21-35-19-33-17-31-15-29-13-27-11-25/h3-8H,2,26-39H2,1,25H3. The zero-order valence-corrected chi connectivity index (χ0v) is 44.6. The van der Waals surface area contributed by atoms with E-state index in [2.05, 4.69) is 37.3 Å². The van der Waals surface area contributed by atoms with Gasteiger partial charge in [0.1, 0.15) is 10.5 Å². The lowest BCUT2D eigenvalue weighted by atomic mass is 10.2. The third-order valence-electron chi connectivity index (χ3n) is 4.11. The molecule has 0 unspecified atom stereocenters. The average Bonchev–Trinajstić information content (AvgIpc) is 2.96. The monoisotopic (exact) mass is 806 g/mol. The van der Waals surface area contributed by atoms with E-state index >= 15 is 0 Å². The second-order valence-electron chi connectivity index (χ2n) is 7.19. The van der Waals surface area contributed by atoms with Crippen LogP contribution >= 0.6 is 0 Å². The van der Waals surface area contributed by atoms with Crippen LogP contribution in [0.4, 0.5) is 0 Å². The number of rotatable bonds is 30. The minimum Gasteiger partial charge on any atom is -0.449 e. The summed E-state index contributed by atoms with van der Waals surface area (Å²) in [5.74, 6) is 0. The van der Waals surface area contributed by atoms with Gasteiger partial charge in [-0.1, -0.05) is 48.5 Å². The largest absolute Gasteiger partial charge is 0.449 e. The highest BCUT2D eigenvalue weighted by molar-refractivity contribution is 6.52. The van der Waals surface area contributed by atoms with Crippen LogP contribution in [0.3, 0.4) is 0 Å². The zero-order chi connectivity index (χ0) is 27.9. The van der Waals surface area contributed by atoms with Gasteiger partial charge in [-0.15, -0.1) is 0 Å². The molecule has 29 heteroatoms. The molecule has 1 rings (SSSR count). The van der Waals surface area contributed by atoms with Gasteiger partial charge in [0.2, 0.25) is 0 Å². The molecule has 0 fully saturated rings. The molecule has 0 spiro atoms. The number of hydrogen-bond acceptors (Lipinski definition) is 14. The minimum absolute atomic E-state index is 0.698. The topological polar surface area (TPSA) is 129 Å². The van der Waals surface area contributed by atoms with Crippen molar-refractivity contribution >= 4 is 156 Å². The van der Waals surface area contributed by atoms with Gasteiger partial charge in [0, 0.05) is 0 Å². The summed E-state index contributed by atoms with van der Waals surface area (Å²) in [7, 11) is -12.6. The van der Waals surface area contributed by atoms with E-state index in [1.165, 1.54) is 10.8 Å². The molecule has 0 aliphatic carbocycles. The quantitative estimate of drug-likeness (QED) is 0.0540. The predicted octanol–water partition coefficient (Wildman–Crippen LogP) is -12.0. The van der Waals surface area contributed by atoms with Crippen LogP contribution in [0.25, 0.3) is 6.08 Å². The smallest absolute Gasteiger partial charge is 0.286 e. The minimum atomic E-state index is -1.02.